The van der Waals surface area contributed by atoms with E-state index in [9.17, 15) is 9.59 Å². The number of para-hydroxylation sites is 1. The van der Waals surface area contributed by atoms with Crippen molar-refractivity contribution in [2.75, 3.05) is 25.0 Å². The predicted molar refractivity (Wildman–Crippen MR) is 115 cm³/mol. The van der Waals surface area contributed by atoms with Crippen LogP contribution in [0.2, 0.25) is 0 Å². The molecule has 0 unspecified atom stereocenters. The Hall–Kier alpha value is -3.02. The molecule has 2 amide bonds. The van der Waals surface area contributed by atoms with Gasteiger partial charge in [-0.3, -0.25) is 9.59 Å². The molecule has 2 aromatic rings. The molecule has 0 saturated carbocycles. The molecule has 158 valence electrons. The van der Waals surface area contributed by atoms with E-state index in [-0.39, 0.29) is 24.0 Å². The third-order valence-corrected chi connectivity index (χ3v) is 5.47. The number of benzene rings is 2. The zero-order valence-electron chi connectivity index (χ0n) is 17.6. The Bertz CT molecular complexity index is 931. The highest BCUT2D eigenvalue weighted by molar-refractivity contribution is 5.92. The standard InChI is InChI=1S/C24H28N2O4/c1-24(2)15-18-6-5-7-20(23(18)30-24)29-16-21(27)25-19-10-8-17(9-11-19)14-22(28)26-12-3-4-13-26/h5-11H,3-4,12-16H2,1-2H3,(H,25,27). The van der Waals surface area contributed by atoms with E-state index in [2.05, 4.69) is 5.32 Å². The van der Waals surface area contributed by atoms with Crippen molar-refractivity contribution in [2.24, 2.45) is 0 Å². The second kappa shape index (κ2) is 8.38. The van der Waals surface area contributed by atoms with Crippen LogP contribution in [0, 0.1) is 0 Å². The maximum absolute atomic E-state index is 12.3. The van der Waals surface area contributed by atoms with Crippen LogP contribution in [0.3, 0.4) is 0 Å². The SMILES string of the molecule is CC1(C)Cc2cccc(OCC(=O)Nc3ccc(CC(=O)N4CCCC4)cc3)c2O1. The van der Waals surface area contributed by atoms with Gasteiger partial charge in [0.1, 0.15) is 5.60 Å². The Kier molecular flexibility index (Phi) is 5.66. The fourth-order valence-electron chi connectivity index (χ4n) is 4.00. The van der Waals surface area contributed by atoms with E-state index in [0.29, 0.717) is 17.9 Å². The van der Waals surface area contributed by atoms with Crippen molar-refractivity contribution < 1.29 is 19.1 Å². The molecule has 2 aliphatic rings. The van der Waals surface area contributed by atoms with Crippen LogP contribution >= 0.6 is 0 Å². The first-order chi connectivity index (χ1) is 14.4. The molecule has 6 heteroatoms. The number of likely N-dealkylation sites (tertiary alicyclic amines) is 1. The summed E-state index contributed by atoms with van der Waals surface area (Å²) in [5, 5.41) is 2.83. The maximum Gasteiger partial charge on any atom is 0.262 e. The van der Waals surface area contributed by atoms with Gasteiger partial charge in [0.25, 0.3) is 5.91 Å². The molecule has 0 aromatic heterocycles. The summed E-state index contributed by atoms with van der Waals surface area (Å²) in [4.78, 5) is 26.5. The van der Waals surface area contributed by atoms with E-state index in [4.69, 9.17) is 9.47 Å². The number of fused-ring (bicyclic) bond motifs is 1. The molecule has 4 rings (SSSR count). The summed E-state index contributed by atoms with van der Waals surface area (Å²) in [7, 11) is 0. The summed E-state index contributed by atoms with van der Waals surface area (Å²) in [6, 6.07) is 13.1. The van der Waals surface area contributed by atoms with Crippen LogP contribution in [0.1, 0.15) is 37.8 Å². The highest BCUT2D eigenvalue weighted by atomic mass is 16.5. The van der Waals surface area contributed by atoms with E-state index in [1.807, 2.05) is 61.2 Å². The van der Waals surface area contributed by atoms with E-state index < -0.39 is 0 Å². The molecule has 2 heterocycles. The first-order valence-corrected chi connectivity index (χ1v) is 10.5. The molecular weight excluding hydrogens is 380 g/mol. The molecule has 0 radical (unpaired) electrons. The molecule has 1 N–H and O–H groups in total. The summed E-state index contributed by atoms with van der Waals surface area (Å²) >= 11 is 0. The van der Waals surface area contributed by atoms with Crippen molar-refractivity contribution in [3.63, 3.8) is 0 Å². The van der Waals surface area contributed by atoms with Gasteiger partial charge in [0, 0.05) is 30.8 Å². The normalized spacial score (nSPS) is 16.7. The van der Waals surface area contributed by atoms with Gasteiger partial charge in [-0.05, 0) is 50.5 Å². The Morgan fingerprint density at radius 1 is 1.10 bits per heavy atom. The van der Waals surface area contributed by atoms with Crippen LogP contribution in [0.4, 0.5) is 5.69 Å². The van der Waals surface area contributed by atoms with Crippen LogP contribution in [0.25, 0.3) is 0 Å². The number of carbonyl (C=O) groups is 2. The van der Waals surface area contributed by atoms with Crippen molar-refractivity contribution in [1.82, 2.24) is 4.90 Å². The van der Waals surface area contributed by atoms with Crippen molar-refractivity contribution in [3.8, 4) is 11.5 Å². The van der Waals surface area contributed by atoms with E-state index in [1.165, 1.54) is 0 Å². The number of nitrogens with one attached hydrogen (secondary N) is 1. The number of amides is 2. The van der Waals surface area contributed by atoms with Gasteiger partial charge in [-0.15, -0.1) is 0 Å². The molecule has 1 saturated heterocycles. The van der Waals surface area contributed by atoms with Crippen molar-refractivity contribution in [3.05, 3.63) is 53.6 Å². The molecule has 2 aliphatic heterocycles. The largest absolute Gasteiger partial charge is 0.483 e. The number of carbonyl (C=O) groups excluding carboxylic acids is 2. The number of hydrogen-bond acceptors (Lipinski definition) is 4. The van der Waals surface area contributed by atoms with Crippen molar-refractivity contribution in [1.29, 1.82) is 0 Å². The van der Waals surface area contributed by atoms with Crippen molar-refractivity contribution in [2.45, 2.75) is 45.1 Å². The molecule has 6 nitrogen and oxygen atoms in total. The Morgan fingerprint density at radius 2 is 1.83 bits per heavy atom. The van der Waals surface area contributed by atoms with Crippen LogP contribution in [-0.4, -0.2) is 42.0 Å². The lowest BCUT2D eigenvalue weighted by atomic mass is 10.0. The lowest BCUT2D eigenvalue weighted by Gasteiger charge is -2.18. The minimum atomic E-state index is -0.262. The quantitative estimate of drug-likeness (QED) is 0.793. The molecule has 2 aromatic carbocycles. The van der Waals surface area contributed by atoms with Crippen LogP contribution in [0.5, 0.6) is 11.5 Å². The van der Waals surface area contributed by atoms with E-state index in [0.717, 1.165) is 49.2 Å². The highest BCUT2D eigenvalue weighted by Gasteiger charge is 2.32. The Morgan fingerprint density at radius 3 is 2.57 bits per heavy atom. The van der Waals surface area contributed by atoms with E-state index in [1.54, 1.807) is 0 Å². The monoisotopic (exact) mass is 408 g/mol. The van der Waals surface area contributed by atoms with Crippen molar-refractivity contribution >= 4 is 17.5 Å². The molecule has 0 atom stereocenters. The first-order valence-electron chi connectivity index (χ1n) is 10.5. The molecule has 1 fully saturated rings. The van der Waals surface area contributed by atoms with Crippen LogP contribution in [-0.2, 0) is 22.4 Å². The van der Waals surface area contributed by atoms with E-state index >= 15 is 0 Å². The number of rotatable bonds is 6. The zero-order valence-corrected chi connectivity index (χ0v) is 17.6. The fourth-order valence-corrected chi connectivity index (χ4v) is 4.00. The van der Waals surface area contributed by atoms with Crippen LogP contribution in [0.15, 0.2) is 42.5 Å². The maximum atomic E-state index is 12.3. The summed E-state index contributed by atoms with van der Waals surface area (Å²) in [6.07, 6.45) is 3.40. The number of ether oxygens (including phenoxy) is 2. The molecule has 30 heavy (non-hydrogen) atoms. The Balaban J connectivity index is 1.29. The first kappa shape index (κ1) is 20.3. The average molecular weight is 408 g/mol. The van der Waals surface area contributed by atoms with Gasteiger partial charge in [-0.25, -0.2) is 0 Å². The number of anilines is 1. The minimum absolute atomic E-state index is 0.102. The highest BCUT2D eigenvalue weighted by Crippen LogP contribution is 2.41. The minimum Gasteiger partial charge on any atom is -0.483 e. The number of hydrogen-bond donors (Lipinski definition) is 1. The van der Waals surface area contributed by atoms with Gasteiger partial charge < -0.3 is 19.7 Å². The average Bonchev–Trinajstić information content (AvgIpc) is 3.34. The third-order valence-electron chi connectivity index (χ3n) is 5.47. The topological polar surface area (TPSA) is 67.9 Å². The van der Waals surface area contributed by atoms with Gasteiger partial charge in [0.05, 0.1) is 6.42 Å². The molecule has 0 spiro atoms. The van der Waals surface area contributed by atoms with Gasteiger partial charge in [-0.2, -0.15) is 0 Å². The molecule has 0 aliphatic carbocycles. The second-order valence-corrected chi connectivity index (χ2v) is 8.58. The third kappa shape index (κ3) is 4.75. The lowest BCUT2D eigenvalue weighted by molar-refractivity contribution is -0.129. The summed E-state index contributed by atoms with van der Waals surface area (Å²) < 4.78 is 11.7. The zero-order chi connectivity index (χ0) is 21.1. The number of nitrogens with zero attached hydrogens (tertiary/aromatic N) is 1. The summed E-state index contributed by atoms with van der Waals surface area (Å²) in [5.74, 6) is 1.23. The Labute approximate surface area is 177 Å². The fraction of sp³-hybridized carbons (Fsp3) is 0.417. The second-order valence-electron chi connectivity index (χ2n) is 8.58. The van der Waals surface area contributed by atoms with Gasteiger partial charge >= 0.3 is 0 Å². The van der Waals surface area contributed by atoms with Gasteiger partial charge in [0.15, 0.2) is 18.1 Å². The molecule has 0 bridgehead atoms. The molecular formula is C24H28N2O4. The lowest BCUT2D eigenvalue weighted by Crippen LogP contribution is -2.29. The summed E-state index contributed by atoms with van der Waals surface area (Å²) in [5.41, 5.74) is 2.46. The van der Waals surface area contributed by atoms with Gasteiger partial charge in [-0.1, -0.05) is 24.3 Å². The van der Waals surface area contributed by atoms with Crippen LogP contribution < -0.4 is 14.8 Å². The summed E-state index contributed by atoms with van der Waals surface area (Å²) in [6.45, 7) is 5.69. The predicted octanol–water partition coefficient (Wildman–Crippen LogP) is 3.58. The van der Waals surface area contributed by atoms with Gasteiger partial charge in [0.2, 0.25) is 5.91 Å². The smallest absolute Gasteiger partial charge is 0.262 e.